The van der Waals surface area contributed by atoms with Crippen molar-refractivity contribution in [1.82, 2.24) is 15.5 Å². The number of nitrogens with zero attached hydrogens (tertiary/aromatic N) is 1. The summed E-state index contributed by atoms with van der Waals surface area (Å²) in [6.07, 6.45) is -1.84. The number of aliphatic hydroxyl groups is 2. The largest absolute Gasteiger partial charge is 0.465 e. The first-order valence-corrected chi connectivity index (χ1v) is 7.47. The first-order chi connectivity index (χ1) is 11.0. The summed E-state index contributed by atoms with van der Waals surface area (Å²) < 4.78 is 0. The number of amides is 2. The van der Waals surface area contributed by atoms with Gasteiger partial charge in [0.25, 0.3) is 5.91 Å². The van der Waals surface area contributed by atoms with Crippen LogP contribution in [0.1, 0.15) is 34.3 Å². The van der Waals surface area contributed by atoms with Gasteiger partial charge in [0.1, 0.15) is 12.5 Å². The lowest BCUT2D eigenvalue weighted by atomic mass is 10.0. The van der Waals surface area contributed by atoms with E-state index in [-0.39, 0.29) is 18.5 Å². The van der Waals surface area contributed by atoms with E-state index in [9.17, 15) is 19.8 Å². The fourth-order valence-corrected chi connectivity index (χ4v) is 3.16. The third-order valence-corrected chi connectivity index (χ3v) is 4.31. The zero-order valence-electron chi connectivity index (χ0n) is 12.4. The van der Waals surface area contributed by atoms with E-state index in [0.717, 1.165) is 11.1 Å². The minimum absolute atomic E-state index is 0.153. The monoisotopic (exact) mass is 321 g/mol. The van der Waals surface area contributed by atoms with Gasteiger partial charge in [0.2, 0.25) is 0 Å². The van der Waals surface area contributed by atoms with Crippen molar-refractivity contribution in [1.29, 1.82) is 0 Å². The van der Waals surface area contributed by atoms with Gasteiger partial charge in [-0.3, -0.25) is 10.1 Å². The van der Waals surface area contributed by atoms with Crippen LogP contribution in [0.2, 0.25) is 0 Å². The van der Waals surface area contributed by atoms with Crippen molar-refractivity contribution in [2.75, 3.05) is 0 Å². The van der Waals surface area contributed by atoms with Crippen LogP contribution in [-0.2, 0) is 13.1 Å². The molecule has 3 rings (SSSR count). The second-order valence-corrected chi connectivity index (χ2v) is 5.86. The van der Waals surface area contributed by atoms with Crippen LogP contribution in [0.15, 0.2) is 18.2 Å². The average molecular weight is 321 g/mol. The number of piperidine rings is 1. The summed E-state index contributed by atoms with van der Waals surface area (Å²) in [5.41, 5.74) is 2.17. The molecule has 1 aromatic carbocycles. The van der Waals surface area contributed by atoms with Crippen LogP contribution < -0.4 is 10.6 Å². The second kappa shape index (κ2) is 6.15. The van der Waals surface area contributed by atoms with Crippen molar-refractivity contribution in [3.05, 3.63) is 34.9 Å². The van der Waals surface area contributed by atoms with Crippen molar-refractivity contribution in [3.8, 4) is 0 Å². The number of benzene rings is 1. The number of fused-ring (bicyclic) bond motifs is 1. The molecular formula is C15H19N3O5. The summed E-state index contributed by atoms with van der Waals surface area (Å²) in [5.74, 6) is -0.153. The number of nitrogens with one attached hydrogen (secondary N) is 2. The topological polar surface area (TPSA) is 122 Å². The highest BCUT2D eigenvalue weighted by molar-refractivity contribution is 5.98. The number of aliphatic hydroxyl groups excluding tert-OH is 2. The molecule has 1 aromatic rings. The molecule has 2 aliphatic heterocycles. The molecule has 2 aliphatic rings. The van der Waals surface area contributed by atoms with Crippen LogP contribution in [0.3, 0.4) is 0 Å². The van der Waals surface area contributed by atoms with E-state index in [1.807, 2.05) is 0 Å². The van der Waals surface area contributed by atoms with Crippen LogP contribution >= 0.6 is 0 Å². The standard InChI is InChI=1S/C15H19N3O5/c19-12-4-3-11(13(20)17-12)18-7-9-5-8(6-16-15(22)23)1-2-10(9)14(18)21/h1-2,5,11-13,16-17,19-20H,3-4,6-7H2,(H,22,23). The predicted octanol–water partition coefficient (Wildman–Crippen LogP) is -0.201. The molecule has 0 saturated carbocycles. The summed E-state index contributed by atoms with van der Waals surface area (Å²) in [5, 5.41) is 33.1. The zero-order valence-corrected chi connectivity index (χ0v) is 12.4. The molecule has 2 amide bonds. The number of carboxylic acid groups (broad SMARTS) is 1. The summed E-state index contributed by atoms with van der Waals surface area (Å²) in [7, 11) is 0. The highest BCUT2D eigenvalue weighted by Gasteiger charge is 2.38. The van der Waals surface area contributed by atoms with Gasteiger partial charge in [0, 0.05) is 18.7 Å². The van der Waals surface area contributed by atoms with E-state index in [2.05, 4.69) is 10.6 Å². The van der Waals surface area contributed by atoms with E-state index in [4.69, 9.17) is 5.11 Å². The van der Waals surface area contributed by atoms with Gasteiger partial charge in [-0.2, -0.15) is 0 Å². The van der Waals surface area contributed by atoms with Crippen molar-refractivity contribution in [2.45, 2.75) is 44.4 Å². The van der Waals surface area contributed by atoms with Crippen LogP contribution in [0.25, 0.3) is 0 Å². The molecule has 0 bridgehead atoms. The molecule has 5 N–H and O–H groups in total. The first kappa shape index (κ1) is 15.7. The molecule has 0 radical (unpaired) electrons. The number of hydrogen-bond acceptors (Lipinski definition) is 5. The zero-order chi connectivity index (χ0) is 16.6. The van der Waals surface area contributed by atoms with Crippen LogP contribution in [0.4, 0.5) is 4.79 Å². The quantitative estimate of drug-likeness (QED) is 0.525. The third-order valence-electron chi connectivity index (χ3n) is 4.31. The number of hydrogen-bond donors (Lipinski definition) is 5. The van der Waals surface area contributed by atoms with Gasteiger partial charge in [-0.1, -0.05) is 12.1 Å². The average Bonchev–Trinajstić information content (AvgIpc) is 2.82. The lowest BCUT2D eigenvalue weighted by Gasteiger charge is -2.37. The SMILES string of the molecule is O=C(O)NCc1ccc2c(c1)CN(C1CCC(O)NC1O)C2=O. The lowest BCUT2D eigenvalue weighted by Crippen LogP contribution is -2.56. The van der Waals surface area contributed by atoms with Crippen LogP contribution in [0, 0.1) is 0 Å². The number of carbonyl (C=O) groups is 2. The highest BCUT2D eigenvalue weighted by Crippen LogP contribution is 2.29. The molecule has 3 unspecified atom stereocenters. The van der Waals surface area contributed by atoms with Gasteiger partial charge in [-0.05, 0) is 30.0 Å². The maximum atomic E-state index is 12.5. The van der Waals surface area contributed by atoms with Crippen molar-refractivity contribution >= 4 is 12.0 Å². The van der Waals surface area contributed by atoms with Gasteiger partial charge in [0.05, 0.1) is 6.04 Å². The Morgan fingerprint density at radius 1 is 1.35 bits per heavy atom. The summed E-state index contributed by atoms with van der Waals surface area (Å²) >= 11 is 0. The Hall–Kier alpha value is -2.16. The molecule has 8 heteroatoms. The highest BCUT2D eigenvalue weighted by atomic mass is 16.4. The van der Waals surface area contributed by atoms with Gasteiger partial charge in [0.15, 0.2) is 0 Å². The van der Waals surface area contributed by atoms with Crippen molar-refractivity contribution in [3.63, 3.8) is 0 Å². The Bertz CT molecular complexity index is 636. The van der Waals surface area contributed by atoms with Crippen LogP contribution in [-0.4, -0.2) is 50.7 Å². The predicted molar refractivity (Wildman–Crippen MR) is 79.4 cm³/mol. The molecule has 0 aliphatic carbocycles. The molecule has 124 valence electrons. The molecule has 1 fully saturated rings. The summed E-state index contributed by atoms with van der Waals surface area (Å²) in [6, 6.07) is 4.82. The molecule has 8 nitrogen and oxygen atoms in total. The molecule has 23 heavy (non-hydrogen) atoms. The Kier molecular flexibility index (Phi) is 4.20. The Labute approximate surface area is 132 Å². The number of carbonyl (C=O) groups excluding carboxylic acids is 1. The second-order valence-electron chi connectivity index (χ2n) is 5.86. The Morgan fingerprint density at radius 2 is 2.13 bits per heavy atom. The molecule has 1 saturated heterocycles. The van der Waals surface area contributed by atoms with Gasteiger partial charge in [-0.25, -0.2) is 4.79 Å². The molecule has 0 aromatic heterocycles. The molecule has 2 heterocycles. The van der Waals surface area contributed by atoms with E-state index in [1.54, 1.807) is 23.1 Å². The fraction of sp³-hybridized carbons (Fsp3) is 0.467. The fourth-order valence-electron chi connectivity index (χ4n) is 3.16. The van der Waals surface area contributed by atoms with E-state index in [1.165, 1.54) is 0 Å². The maximum Gasteiger partial charge on any atom is 0.404 e. The minimum Gasteiger partial charge on any atom is -0.465 e. The Balaban J connectivity index is 1.75. The summed E-state index contributed by atoms with van der Waals surface area (Å²) in [4.78, 5) is 24.7. The van der Waals surface area contributed by atoms with Gasteiger partial charge in [-0.15, -0.1) is 0 Å². The molecular weight excluding hydrogens is 302 g/mol. The third kappa shape index (κ3) is 3.14. The maximum absolute atomic E-state index is 12.5. The van der Waals surface area contributed by atoms with E-state index < -0.39 is 18.5 Å². The van der Waals surface area contributed by atoms with Crippen molar-refractivity contribution < 1.29 is 24.9 Å². The smallest absolute Gasteiger partial charge is 0.404 e. The minimum atomic E-state index is -1.10. The van der Waals surface area contributed by atoms with Gasteiger partial charge < -0.3 is 25.5 Å². The lowest BCUT2D eigenvalue weighted by molar-refractivity contribution is -0.0477. The Morgan fingerprint density at radius 3 is 2.83 bits per heavy atom. The first-order valence-electron chi connectivity index (χ1n) is 7.47. The number of rotatable bonds is 3. The van der Waals surface area contributed by atoms with Crippen LogP contribution in [0.5, 0.6) is 0 Å². The van der Waals surface area contributed by atoms with E-state index in [0.29, 0.717) is 24.9 Å². The normalized spacial score (nSPS) is 27.0. The molecule has 0 spiro atoms. The van der Waals surface area contributed by atoms with E-state index >= 15 is 0 Å². The van der Waals surface area contributed by atoms with Gasteiger partial charge >= 0.3 is 6.09 Å². The summed E-state index contributed by atoms with van der Waals surface area (Å²) in [6.45, 7) is 0.547. The molecule has 3 atom stereocenters. The van der Waals surface area contributed by atoms with Crippen molar-refractivity contribution in [2.24, 2.45) is 0 Å².